The number of aryl methyl sites for hydroxylation is 1. The van der Waals surface area contributed by atoms with E-state index in [1.807, 2.05) is 11.5 Å². The van der Waals surface area contributed by atoms with Crippen molar-refractivity contribution in [2.75, 3.05) is 51.3 Å². The smallest absolute Gasteiger partial charge is 0.379 e. The van der Waals surface area contributed by atoms with Crippen molar-refractivity contribution in [2.24, 2.45) is 0 Å². The van der Waals surface area contributed by atoms with E-state index >= 15 is 0 Å². The summed E-state index contributed by atoms with van der Waals surface area (Å²) in [6.07, 6.45) is -3.80. The van der Waals surface area contributed by atoms with Gasteiger partial charge < -0.3 is 19.1 Å². The summed E-state index contributed by atoms with van der Waals surface area (Å²) in [5, 5.41) is 0. The summed E-state index contributed by atoms with van der Waals surface area (Å²) in [5.41, 5.74) is 0.445. The first-order valence-electron chi connectivity index (χ1n) is 10.8. The Labute approximate surface area is 196 Å². The summed E-state index contributed by atoms with van der Waals surface area (Å²) in [4.78, 5) is 18.5. The van der Waals surface area contributed by atoms with Crippen molar-refractivity contribution in [2.45, 2.75) is 25.6 Å². The minimum atomic E-state index is -4.49. The minimum Gasteiger partial charge on any atom is -0.379 e. The van der Waals surface area contributed by atoms with Gasteiger partial charge in [-0.1, -0.05) is 18.2 Å². The number of benzene rings is 1. The van der Waals surface area contributed by atoms with Crippen LogP contribution in [0, 0.1) is 6.92 Å². The molecule has 0 radical (unpaired) electrons. The number of hydrogen-bond acceptors (Lipinski definition) is 6. The molecule has 0 bridgehead atoms. The Bertz CT molecular complexity index is 1140. The third-order valence-corrected chi connectivity index (χ3v) is 6.18. The molecule has 0 saturated carbocycles. The van der Waals surface area contributed by atoms with Crippen LogP contribution in [-0.2, 0) is 10.9 Å². The molecule has 0 aliphatic carbocycles. The lowest BCUT2D eigenvalue weighted by atomic mass is 10.1. The number of rotatable bonds is 3. The molecule has 7 nitrogen and oxygen atoms in total. The van der Waals surface area contributed by atoms with Crippen LogP contribution in [0.4, 0.5) is 19.0 Å². The Morgan fingerprint density at radius 2 is 1.76 bits per heavy atom. The van der Waals surface area contributed by atoms with Crippen LogP contribution in [0.15, 0.2) is 24.3 Å². The van der Waals surface area contributed by atoms with Gasteiger partial charge in [0.15, 0.2) is 17.0 Å². The standard InChI is InChI=1S/C22H25F3N6O.ClH/c1-14-26-20(30-10-8-29(2)9-11-30)18-21(27-14)31(15-7-12-32-13-15)19(28-18)16-5-3-4-6-17(16)22(23,24)25;/h3-6,15H,7-13H2,1-2H3;1H. The molecule has 1 aromatic carbocycles. The van der Waals surface area contributed by atoms with Gasteiger partial charge >= 0.3 is 6.18 Å². The second-order valence-electron chi connectivity index (χ2n) is 8.42. The largest absolute Gasteiger partial charge is 0.417 e. The average molecular weight is 483 g/mol. The number of alkyl halides is 3. The van der Waals surface area contributed by atoms with Crippen molar-refractivity contribution in [3.63, 3.8) is 0 Å². The van der Waals surface area contributed by atoms with Crippen molar-refractivity contribution >= 4 is 29.4 Å². The van der Waals surface area contributed by atoms with Gasteiger partial charge in [-0.2, -0.15) is 13.2 Å². The summed E-state index contributed by atoms with van der Waals surface area (Å²) < 4.78 is 49.0. The van der Waals surface area contributed by atoms with Gasteiger partial charge in [-0.05, 0) is 26.5 Å². The van der Waals surface area contributed by atoms with Crippen molar-refractivity contribution in [1.29, 1.82) is 0 Å². The van der Waals surface area contributed by atoms with Crippen LogP contribution < -0.4 is 4.90 Å². The zero-order valence-corrected chi connectivity index (χ0v) is 19.3. The molecule has 2 saturated heterocycles. The number of aromatic nitrogens is 4. The maximum atomic E-state index is 13.9. The Kier molecular flexibility index (Phi) is 6.52. The summed E-state index contributed by atoms with van der Waals surface area (Å²) in [6.45, 7) is 6.09. The lowest BCUT2D eigenvalue weighted by Gasteiger charge is -2.33. The van der Waals surface area contributed by atoms with E-state index in [0.717, 1.165) is 32.2 Å². The number of imidazole rings is 1. The maximum Gasteiger partial charge on any atom is 0.417 e. The highest BCUT2D eigenvalue weighted by molar-refractivity contribution is 5.88. The molecule has 1 unspecified atom stereocenters. The van der Waals surface area contributed by atoms with E-state index < -0.39 is 11.7 Å². The Morgan fingerprint density at radius 3 is 2.42 bits per heavy atom. The van der Waals surface area contributed by atoms with Crippen LogP contribution in [0.1, 0.15) is 23.9 Å². The number of nitrogens with zero attached hydrogens (tertiary/aromatic N) is 6. The molecule has 33 heavy (non-hydrogen) atoms. The number of fused-ring (bicyclic) bond motifs is 1. The molecule has 0 amide bonds. The molecule has 3 aromatic rings. The Morgan fingerprint density at radius 1 is 1.03 bits per heavy atom. The summed E-state index contributed by atoms with van der Waals surface area (Å²) in [5.74, 6) is 1.52. The predicted molar refractivity (Wildman–Crippen MR) is 122 cm³/mol. The average Bonchev–Trinajstić information content (AvgIpc) is 3.40. The van der Waals surface area contributed by atoms with Crippen molar-refractivity contribution in [3.8, 4) is 11.4 Å². The molecule has 0 spiro atoms. The number of anilines is 1. The summed E-state index contributed by atoms with van der Waals surface area (Å²) >= 11 is 0. The molecule has 178 valence electrons. The number of ether oxygens (including phenoxy) is 1. The molecule has 2 fully saturated rings. The normalized spacial score (nSPS) is 19.8. The molecule has 2 aliphatic heterocycles. The molecular weight excluding hydrogens is 457 g/mol. The fraction of sp³-hybridized carbons (Fsp3) is 0.500. The molecule has 2 aliphatic rings. The molecule has 5 rings (SSSR count). The number of likely N-dealkylation sites (N-methyl/N-ethyl adjacent to an activating group) is 1. The number of piperazine rings is 1. The molecular formula is C22H26ClF3N6O. The van der Waals surface area contributed by atoms with Crippen LogP contribution in [0.5, 0.6) is 0 Å². The second-order valence-corrected chi connectivity index (χ2v) is 8.42. The monoisotopic (exact) mass is 482 g/mol. The van der Waals surface area contributed by atoms with Gasteiger partial charge in [0.1, 0.15) is 11.6 Å². The molecule has 2 aromatic heterocycles. The quantitative estimate of drug-likeness (QED) is 0.563. The lowest BCUT2D eigenvalue weighted by Crippen LogP contribution is -2.45. The van der Waals surface area contributed by atoms with Gasteiger partial charge in [-0.3, -0.25) is 0 Å². The Balaban J connectivity index is 0.00000259. The van der Waals surface area contributed by atoms with Crippen LogP contribution in [0.25, 0.3) is 22.6 Å². The van der Waals surface area contributed by atoms with Gasteiger partial charge in [-0.15, -0.1) is 12.4 Å². The first-order chi connectivity index (χ1) is 15.3. The van der Waals surface area contributed by atoms with E-state index in [2.05, 4.69) is 26.8 Å². The van der Waals surface area contributed by atoms with E-state index in [1.54, 1.807) is 6.07 Å². The van der Waals surface area contributed by atoms with Gasteiger partial charge in [0.05, 0.1) is 18.2 Å². The summed E-state index contributed by atoms with van der Waals surface area (Å²) in [7, 11) is 2.07. The lowest BCUT2D eigenvalue weighted by molar-refractivity contribution is -0.137. The van der Waals surface area contributed by atoms with E-state index in [4.69, 9.17) is 9.72 Å². The predicted octanol–water partition coefficient (Wildman–Crippen LogP) is 3.96. The van der Waals surface area contributed by atoms with E-state index in [9.17, 15) is 13.2 Å². The fourth-order valence-electron chi connectivity index (χ4n) is 4.49. The van der Waals surface area contributed by atoms with Crippen molar-refractivity contribution in [3.05, 3.63) is 35.7 Å². The zero-order chi connectivity index (χ0) is 22.5. The fourth-order valence-corrected chi connectivity index (χ4v) is 4.49. The van der Waals surface area contributed by atoms with Crippen molar-refractivity contribution < 1.29 is 17.9 Å². The van der Waals surface area contributed by atoms with Gasteiger partial charge in [0.25, 0.3) is 0 Å². The molecule has 0 N–H and O–H groups in total. The summed E-state index contributed by atoms with van der Waals surface area (Å²) in [6, 6.07) is 5.45. The topological polar surface area (TPSA) is 59.3 Å². The first-order valence-corrected chi connectivity index (χ1v) is 10.8. The zero-order valence-electron chi connectivity index (χ0n) is 18.5. The van der Waals surface area contributed by atoms with Crippen LogP contribution >= 0.6 is 12.4 Å². The van der Waals surface area contributed by atoms with Gasteiger partial charge in [0, 0.05) is 38.3 Å². The van der Waals surface area contributed by atoms with Crippen LogP contribution in [0.3, 0.4) is 0 Å². The highest BCUT2D eigenvalue weighted by atomic mass is 35.5. The molecule has 1 atom stereocenters. The Hall–Kier alpha value is -2.43. The minimum absolute atomic E-state index is 0. The number of hydrogen-bond donors (Lipinski definition) is 0. The van der Waals surface area contributed by atoms with Crippen LogP contribution in [-0.4, -0.2) is 70.9 Å². The van der Waals surface area contributed by atoms with Gasteiger partial charge in [-0.25, -0.2) is 15.0 Å². The van der Waals surface area contributed by atoms with Gasteiger partial charge in [0.2, 0.25) is 0 Å². The third-order valence-electron chi connectivity index (χ3n) is 6.18. The third kappa shape index (κ3) is 4.39. The first kappa shape index (κ1) is 23.7. The maximum absolute atomic E-state index is 13.9. The second kappa shape index (κ2) is 9.08. The highest BCUT2D eigenvalue weighted by Gasteiger charge is 2.36. The molecule has 4 heterocycles. The molecule has 11 heteroatoms. The van der Waals surface area contributed by atoms with E-state index in [-0.39, 0.29) is 29.8 Å². The van der Waals surface area contributed by atoms with E-state index in [0.29, 0.717) is 42.4 Å². The van der Waals surface area contributed by atoms with Crippen molar-refractivity contribution in [1.82, 2.24) is 24.4 Å². The highest BCUT2D eigenvalue weighted by Crippen LogP contribution is 2.40. The van der Waals surface area contributed by atoms with Crippen LogP contribution in [0.2, 0.25) is 0 Å². The van der Waals surface area contributed by atoms with E-state index in [1.165, 1.54) is 12.1 Å². The SMILES string of the molecule is Cc1nc(N2CCN(C)CC2)c2nc(-c3ccccc3C(F)(F)F)n(C3CCOC3)c2n1.Cl. The number of halogens is 4.